The molecule has 7 heteroatoms. The summed E-state index contributed by atoms with van der Waals surface area (Å²) in [6.07, 6.45) is 1.68. The Morgan fingerprint density at radius 3 is 2.67 bits per heavy atom. The van der Waals surface area contributed by atoms with E-state index in [9.17, 15) is 12.8 Å². The van der Waals surface area contributed by atoms with Crippen molar-refractivity contribution in [3.05, 3.63) is 29.6 Å². The van der Waals surface area contributed by atoms with Crippen LogP contribution < -0.4 is 0 Å². The maximum atomic E-state index is 13.3. The van der Waals surface area contributed by atoms with Gasteiger partial charge in [-0.2, -0.15) is 0 Å². The van der Waals surface area contributed by atoms with E-state index in [1.807, 2.05) is 0 Å². The summed E-state index contributed by atoms with van der Waals surface area (Å²) in [5.41, 5.74) is -0.0180. The fraction of sp³-hybridized carbons (Fsp3) is 0.571. The topological polar surface area (TPSA) is 66.8 Å². The molecule has 1 N–H and O–H groups in total. The highest BCUT2D eigenvalue weighted by molar-refractivity contribution is 7.89. The Hall–Kier alpha value is -1.02. The van der Waals surface area contributed by atoms with Crippen LogP contribution in [0.3, 0.4) is 0 Å². The van der Waals surface area contributed by atoms with Gasteiger partial charge in [0.1, 0.15) is 5.82 Å². The Labute approximate surface area is 124 Å². The number of aliphatic hydroxyl groups excluding tert-OH is 1. The number of hydrogen-bond donors (Lipinski definition) is 1. The van der Waals surface area contributed by atoms with E-state index in [1.165, 1.54) is 23.5 Å². The Kier molecular flexibility index (Phi) is 5.32. The van der Waals surface area contributed by atoms with Crippen LogP contribution in [0.25, 0.3) is 0 Å². The first-order valence-corrected chi connectivity index (χ1v) is 8.32. The zero-order valence-corrected chi connectivity index (χ0v) is 12.8. The van der Waals surface area contributed by atoms with Gasteiger partial charge in [-0.05, 0) is 37.0 Å². The van der Waals surface area contributed by atoms with Crippen LogP contribution in [0.1, 0.15) is 18.4 Å². The molecule has 1 saturated heterocycles. The normalized spacial score (nSPS) is 17.3. The Balaban J connectivity index is 2.16. The van der Waals surface area contributed by atoms with Gasteiger partial charge in [0.05, 0.1) is 11.5 Å². The Morgan fingerprint density at radius 2 is 2.05 bits per heavy atom. The van der Waals surface area contributed by atoms with Crippen molar-refractivity contribution in [1.29, 1.82) is 0 Å². The first kappa shape index (κ1) is 16.4. The largest absolute Gasteiger partial charge is 0.392 e. The number of benzene rings is 1. The molecule has 0 spiro atoms. The SMILES string of the molecule is CN(CC1CCOCC1)S(=O)(=O)c1ccc(F)c(CO)c1. The lowest BCUT2D eigenvalue weighted by Crippen LogP contribution is -2.34. The average Bonchev–Trinajstić information content (AvgIpc) is 2.48. The molecule has 1 aromatic rings. The van der Waals surface area contributed by atoms with E-state index in [4.69, 9.17) is 9.84 Å². The number of hydrogen-bond acceptors (Lipinski definition) is 4. The maximum absolute atomic E-state index is 13.3. The number of aliphatic hydroxyl groups is 1. The van der Waals surface area contributed by atoms with Crippen LogP contribution in [0.15, 0.2) is 23.1 Å². The minimum Gasteiger partial charge on any atom is -0.392 e. The van der Waals surface area contributed by atoms with Crippen molar-refractivity contribution in [1.82, 2.24) is 4.31 Å². The highest BCUT2D eigenvalue weighted by Crippen LogP contribution is 2.22. The highest BCUT2D eigenvalue weighted by Gasteiger charge is 2.25. The summed E-state index contributed by atoms with van der Waals surface area (Å²) in [4.78, 5) is 0.00232. The van der Waals surface area contributed by atoms with Crippen LogP contribution in [-0.2, 0) is 21.4 Å². The van der Waals surface area contributed by atoms with Crippen LogP contribution in [0, 0.1) is 11.7 Å². The number of rotatable bonds is 5. The fourth-order valence-electron chi connectivity index (χ4n) is 2.40. The summed E-state index contributed by atoms with van der Waals surface area (Å²) < 4.78 is 44.8. The van der Waals surface area contributed by atoms with Crippen LogP contribution in [0.4, 0.5) is 4.39 Å². The summed E-state index contributed by atoms with van der Waals surface area (Å²) in [6.45, 7) is 1.20. The van der Waals surface area contributed by atoms with E-state index >= 15 is 0 Å². The molecule has 0 bridgehead atoms. The molecular formula is C14H20FNO4S. The zero-order chi connectivity index (χ0) is 15.5. The van der Waals surface area contributed by atoms with Gasteiger partial charge in [-0.25, -0.2) is 17.1 Å². The van der Waals surface area contributed by atoms with Crippen LogP contribution in [0.5, 0.6) is 0 Å². The molecule has 2 rings (SSSR count). The summed E-state index contributed by atoms with van der Waals surface area (Å²) in [5, 5.41) is 9.05. The molecule has 1 aliphatic rings. The molecule has 0 unspecified atom stereocenters. The lowest BCUT2D eigenvalue weighted by molar-refractivity contribution is 0.0620. The van der Waals surface area contributed by atoms with Crippen LogP contribution >= 0.6 is 0 Å². The van der Waals surface area contributed by atoms with Crippen molar-refractivity contribution in [2.45, 2.75) is 24.3 Å². The first-order chi connectivity index (χ1) is 9.95. The summed E-state index contributed by atoms with van der Waals surface area (Å²) in [5.74, 6) is -0.334. The van der Waals surface area contributed by atoms with Gasteiger partial charge in [-0.3, -0.25) is 0 Å². The number of nitrogens with zero attached hydrogens (tertiary/aromatic N) is 1. The third-order valence-corrected chi connectivity index (χ3v) is 5.57. The Morgan fingerprint density at radius 1 is 1.38 bits per heavy atom. The van der Waals surface area contributed by atoms with Crippen molar-refractivity contribution >= 4 is 10.0 Å². The van der Waals surface area contributed by atoms with E-state index in [-0.39, 0.29) is 16.4 Å². The van der Waals surface area contributed by atoms with Gasteiger partial charge in [0.25, 0.3) is 0 Å². The second kappa shape index (κ2) is 6.83. The third kappa shape index (κ3) is 3.79. The number of halogens is 1. The standard InChI is InChI=1S/C14H20FNO4S/c1-16(9-11-4-6-20-7-5-11)21(18,19)13-2-3-14(15)12(8-13)10-17/h2-3,8,11,17H,4-7,9-10H2,1H3. The van der Waals surface area contributed by atoms with Crippen molar-refractivity contribution in [2.24, 2.45) is 5.92 Å². The molecule has 0 radical (unpaired) electrons. The van der Waals surface area contributed by atoms with Crippen molar-refractivity contribution in [3.8, 4) is 0 Å². The summed E-state index contributed by atoms with van der Waals surface area (Å²) in [6, 6.07) is 3.48. The van der Waals surface area contributed by atoms with E-state index in [0.29, 0.717) is 19.8 Å². The summed E-state index contributed by atoms with van der Waals surface area (Å²) >= 11 is 0. The van der Waals surface area contributed by atoms with Crippen molar-refractivity contribution < 1.29 is 22.7 Å². The van der Waals surface area contributed by atoms with Gasteiger partial charge in [0.2, 0.25) is 10.0 Å². The third-order valence-electron chi connectivity index (χ3n) is 3.75. The van der Waals surface area contributed by atoms with Gasteiger partial charge >= 0.3 is 0 Å². The second-order valence-corrected chi connectivity index (χ2v) is 7.30. The fourth-order valence-corrected chi connectivity index (χ4v) is 3.70. The van der Waals surface area contributed by atoms with E-state index < -0.39 is 22.4 Å². The van der Waals surface area contributed by atoms with Gasteiger partial charge in [-0.1, -0.05) is 0 Å². The molecule has 1 aliphatic heterocycles. The molecule has 118 valence electrons. The summed E-state index contributed by atoms with van der Waals surface area (Å²) in [7, 11) is -2.15. The van der Waals surface area contributed by atoms with Gasteiger partial charge in [0, 0.05) is 32.4 Å². The smallest absolute Gasteiger partial charge is 0.242 e. The zero-order valence-electron chi connectivity index (χ0n) is 12.0. The van der Waals surface area contributed by atoms with Crippen molar-refractivity contribution in [3.63, 3.8) is 0 Å². The lowest BCUT2D eigenvalue weighted by Gasteiger charge is -2.26. The molecule has 1 aromatic carbocycles. The van der Waals surface area contributed by atoms with Crippen molar-refractivity contribution in [2.75, 3.05) is 26.8 Å². The number of ether oxygens (including phenoxy) is 1. The molecule has 0 aliphatic carbocycles. The van der Waals surface area contributed by atoms with Crippen LogP contribution in [-0.4, -0.2) is 44.6 Å². The van der Waals surface area contributed by atoms with Gasteiger partial charge in [-0.15, -0.1) is 0 Å². The lowest BCUT2D eigenvalue weighted by atomic mass is 10.0. The van der Waals surface area contributed by atoms with Gasteiger partial charge in [0.15, 0.2) is 0 Å². The minimum atomic E-state index is -3.67. The highest BCUT2D eigenvalue weighted by atomic mass is 32.2. The quantitative estimate of drug-likeness (QED) is 0.890. The first-order valence-electron chi connectivity index (χ1n) is 6.88. The monoisotopic (exact) mass is 317 g/mol. The predicted molar refractivity (Wildman–Crippen MR) is 75.7 cm³/mol. The predicted octanol–water partition coefficient (Wildman–Crippen LogP) is 1.37. The molecule has 21 heavy (non-hydrogen) atoms. The number of sulfonamides is 1. The average molecular weight is 317 g/mol. The van der Waals surface area contributed by atoms with E-state index in [0.717, 1.165) is 18.9 Å². The second-order valence-electron chi connectivity index (χ2n) is 5.25. The maximum Gasteiger partial charge on any atom is 0.242 e. The molecular weight excluding hydrogens is 297 g/mol. The molecule has 0 atom stereocenters. The molecule has 0 aromatic heterocycles. The van der Waals surface area contributed by atoms with Gasteiger partial charge < -0.3 is 9.84 Å². The van der Waals surface area contributed by atoms with E-state index in [1.54, 1.807) is 0 Å². The molecule has 1 fully saturated rings. The molecule has 0 amide bonds. The Bertz CT molecular complexity index is 585. The molecule has 0 saturated carbocycles. The molecule has 5 nitrogen and oxygen atoms in total. The van der Waals surface area contributed by atoms with E-state index in [2.05, 4.69) is 0 Å². The minimum absolute atomic E-state index is 0.00232. The molecule has 1 heterocycles. The van der Waals surface area contributed by atoms with Crippen LogP contribution in [0.2, 0.25) is 0 Å².